The highest BCUT2D eigenvalue weighted by molar-refractivity contribution is 7.90. The Hall–Kier alpha value is -3.56. The number of sulfone groups is 1. The van der Waals surface area contributed by atoms with E-state index in [2.05, 4.69) is 21.8 Å². The topological polar surface area (TPSA) is 97.3 Å². The van der Waals surface area contributed by atoms with Gasteiger partial charge in [0.25, 0.3) is 0 Å². The number of alkyl halides is 3. The average molecular weight is 560 g/mol. The molecule has 11 heteroatoms. The van der Waals surface area contributed by atoms with E-state index in [1.54, 1.807) is 30.3 Å². The summed E-state index contributed by atoms with van der Waals surface area (Å²) >= 11 is 0. The summed E-state index contributed by atoms with van der Waals surface area (Å²) in [5.41, 5.74) is 0.201. The molecule has 3 aromatic rings. The van der Waals surface area contributed by atoms with E-state index >= 15 is 0 Å². The maximum atomic E-state index is 13.9. The molecule has 0 N–H and O–H groups in total. The number of benzene rings is 1. The van der Waals surface area contributed by atoms with Crippen LogP contribution in [0.5, 0.6) is 0 Å². The Labute approximate surface area is 225 Å². The van der Waals surface area contributed by atoms with E-state index in [-0.39, 0.29) is 28.5 Å². The van der Waals surface area contributed by atoms with Gasteiger partial charge >= 0.3 is 12.3 Å². The first-order valence-corrected chi connectivity index (χ1v) is 14.3. The largest absolute Gasteiger partial charge is 0.418 e. The van der Waals surface area contributed by atoms with Gasteiger partial charge in [-0.05, 0) is 67.3 Å². The second-order valence-corrected chi connectivity index (χ2v) is 11.9. The van der Waals surface area contributed by atoms with Crippen molar-refractivity contribution >= 4 is 21.8 Å². The Morgan fingerprint density at radius 3 is 2.36 bits per heavy atom. The fourth-order valence-corrected chi connectivity index (χ4v) is 6.11. The zero-order valence-electron chi connectivity index (χ0n) is 21.3. The SMILES string of the molecule is C[C@H]1CCCN(c2cccc(S(=O)(=O)Cc3ccc(C(F)(F)F)c(-c4ccccc4C4CC4)n3)n2)C1.O=C=O. The molecule has 7 nitrogen and oxygen atoms in total. The Balaban J connectivity index is 0.00000112. The molecule has 0 radical (unpaired) electrons. The van der Waals surface area contributed by atoms with Gasteiger partial charge in [0.05, 0.1) is 22.7 Å². The van der Waals surface area contributed by atoms with E-state index in [0.29, 0.717) is 17.3 Å². The van der Waals surface area contributed by atoms with Crippen LogP contribution in [0.4, 0.5) is 19.0 Å². The number of hydrogen-bond acceptors (Lipinski definition) is 7. The second-order valence-electron chi connectivity index (χ2n) is 9.93. The van der Waals surface area contributed by atoms with Crippen molar-refractivity contribution in [2.24, 2.45) is 5.92 Å². The maximum Gasteiger partial charge on any atom is 0.418 e. The number of piperidine rings is 1. The molecule has 0 spiro atoms. The van der Waals surface area contributed by atoms with Gasteiger partial charge in [-0.1, -0.05) is 37.3 Å². The Morgan fingerprint density at radius 2 is 1.69 bits per heavy atom. The summed E-state index contributed by atoms with van der Waals surface area (Å²) in [6.07, 6.45) is -0.382. The number of carbonyl (C=O) groups excluding carboxylic acids is 2. The third kappa shape index (κ3) is 6.91. The van der Waals surface area contributed by atoms with Crippen molar-refractivity contribution in [1.82, 2.24) is 9.97 Å². The second kappa shape index (κ2) is 11.7. The van der Waals surface area contributed by atoms with Gasteiger partial charge in [0.15, 0.2) is 5.03 Å². The quantitative estimate of drug-likeness (QED) is 0.384. The van der Waals surface area contributed by atoms with E-state index in [1.807, 2.05) is 6.07 Å². The molecule has 1 saturated carbocycles. The molecule has 0 bridgehead atoms. The smallest absolute Gasteiger partial charge is 0.356 e. The molecular formula is C28H28F3N3O4S. The first-order valence-electron chi connectivity index (χ1n) is 12.6. The van der Waals surface area contributed by atoms with Crippen LogP contribution in [0.15, 0.2) is 59.6 Å². The van der Waals surface area contributed by atoms with Gasteiger partial charge in [0.1, 0.15) is 5.82 Å². The summed E-state index contributed by atoms with van der Waals surface area (Å²) < 4.78 is 68.2. The Bertz CT molecular complexity index is 1470. The lowest BCUT2D eigenvalue weighted by Crippen LogP contribution is -2.35. The van der Waals surface area contributed by atoms with Gasteiger partial charge < -0.3 is 4.90 Å². The number of halogens is 3. The number of hydrogen-bond donors (Lipinski definition) is 0. The van der Waals surface area contributed by atoms with Gasteiger partial charge in [-0.15, -0.1) is 0 Å². The molecule has 1 atom stereocenters. The molecule has 1 aromatic carbocycles. The van der Waals surface area contributed by atoms with Crippen LogP contribution < -0.4 is 4.90 Å². The van der Waals surface area contributed by atoms with Crippen LogP contribution in [0.2, 0.25) is 0 Å². The molecule has 5 rings (SSSR count). The average Bonchev–Trinajstić information content (AvgIpc) is 3.74. The predicted molar refractivity (Wildman–Crippen MR) is 137 cm³/mol. The number of pyridine rings is 2. The van der Waals surface area contributed by atoms with Gasteiger partial charge in [-0.25, -0.2) is 13.4 Å². The molecule has 2 fully saturated rings. The fourth-order valence-electron chi connectivity index (χ4n) is 4.90. The van der Waals surface area contributed by atoms with Crippen LogP contribution in [-0.2, 0) is 31.4 Å². The molecule has 2 aliphatic rings. The summed E-state index contributed by atoms with van der Waals surface area (Å²) in [6.45, 7) is 3.77. The van der Waals surface area contributed by atoms with Crippen molar-refractivity contribution in [2.75, 3.05) is 18.0 Å². The lowest BCUT2D eigenvalue weighted by molar-refractivity contribution is -0.191. The third-order valence-corrected chi connectivity index (χ3v) is 8.38. The lowest BCUT2D eigenvalue weighted by atomic mass is 9.97. The molecule has 1 aliphatic heterocycles. The van der Waals surface area contributed by atoms with Crippen LogP contribution in [0.1, 0.15) is 55.3 Å². The first kappa shape index (κ1) is 28.4. The van der Waals surface area contributed by atoms with Crippen molar-refractivity contribution in [1.29, 1.82) is 0 Å². The predicted octanol–water partition coefficient (Wildman–Crippen LogP) is 5.67. The summed E-state index contributed by atoms with van der Waals surface area (Å²) in [5.74, 6) is 0.772. The fraction of sp³-hybridized carbons (Fsp3) is 0.393. The highest BCUT2D eigenvalue weighted by Gasteiger charge is 2.37. The molecule has 3 heterocycles. The molecule has 1 aliphatic carbocycles. The Kier molecular flexibility index (Phi) is 8.51. The van der Waals surface area contributed by atoms with E-state index in [4.69, 9.17) is 9.59 Å². The lowest BCUT2D eigenvalue weighted by Gasteiger charge is -2.32. The summed E-state index contributed by atoms with van der Waals surface area (Å²) in [5, 5.41) is -0.0974. The van der Waals surface area contributed by atoms with Crippen LogP contribution in [0, 0.1) is 5.92 Å². The number of rotatable bonds is 6. The highest BCUT2D eigenvalue weighted by atomic mass is 32.2. The molecule has 2 aromatic heterocycles. The zero-order chi connectivity index (χ0) is 28.2. The molecular weight excluding hydrogens is 531 g/mol. The maximum absolute atomic E-state index is 13.9. The normalized spacial score (nSPS) is 17.6. The van der Waals surface area contributed by atoms with E-state index in [9.17, 15) is 21.6 Å². The van der Waals surface area contributed by atoms with Gasteiger partial charge in [-0.3, -0.25) is 4.98 Å². The third-order valence-electron chi connectivity index (χ3n) is 6.84. The molecule has 0 unspecified atom stereocenters. The van der Waals surface area contributed by atoms with E-state index in [0.717, 1.165) is 56.5 Å². The van der Waals surface area contributed by atoms with Gasteiger partial charge in [0.2, 0.25) is 9.84 Å². The zero-order valence-corrected chi connectivity index (χ0v) is 22.1. The van der Waals surface area contributed by atoms with Crippen molar-refractivity contribution in [2.45, 2.75) is 55.5 Å². The molecule has 39 heavy (non-hydrogen) atoms. The molecule has 0 amide bonds. The molecule has 206 valence electrons. The highest BCUT2D eigenvalue weighted by Crippen LogP contribution is 2.46. The summed E-state index contributed by atoms with van der Waals surface area (Å²) in [7, 11) is -3.93. The number of aromatic nitrogens is 2. The van der Waals surface area contributed by atoms with Crippen LogP contribution in [-0.4, -0.2) is 37.6 Å². The van der Waals surface area contributed by atoms with Crippen LogP contribution in [0.3, 0.4) is 0 Å². The minimum Gasteiger partial charge on any atom is -0.356 e. The van der Waals surface area contributed by atoms with Crippen molar-refractivity contribution < 1.29 is 31.2 Å². The first-order chi connectivity index (χ1) is 18.5. The Morgan fingerprint density at radius 1 is 0.974 bits per heavy atom. The van der Waals surface area contributed by atoms with E-state index in [1.165, 1.54) is 6.07 Å². The minimum atomic E-state index is -4.61. The van der Waals surface area contributed by atoms with E-state index < -0.39 is 27.3 Å². The minimum absolute atomic E-state index is 0.0578. The number of nitrogens with zero attached hydrogens (tertiary/aromatic N) is 3. The van der Waals surface area contributed by atoms with Gasteiger partial charge in [0, 0.05) is 18.7 Å². The van der Waals surface area contributed by atoms with Crippen molar-refractivity contribution in [3.05, 3.63) is 71.4 Å². The van der Waals surface area contributed by atoms with Crippen molar-refractivity contribution in [3.63, 3.8) is 0 Å². The summed E-state index contributed by atoms with van der Waals surface area (Å²) in [4.78, 5) is 27.0. The van der Waals surface area contributed by atoms with Crippen LogP contribution >= 0.6 is 0 Å². The summed E-state index contributed by atoms with van der Waals surface area (Å²) in [6, 6.07) is 13.9. The van der Waals surface area contributed by atoms with Crippen molar-refractivity contribution in [3.8, 4) is 11.3 Å². The van der Waals surface area contributed by atoms with Gasteiger partial charge in [-0.2, -0.15) is 22.8 Å². The van der Waals surface area contributed by atoms with Crippen LogP contribution in [0.25, 0.3) is 11.3 Å². The molecule has 1 saturated heterocycles. The monoisotopic (exact) mass is 559 g/mol. The number of anilines is 1. The standard InChI is InChI=1S/C27H28F3N3O2S.CO2/c1-18-6-5-15-33(16-18)24-9-4-10-25(32-24)36(34,35)17-20-13-14-23(27(28,29)30)26(31-20)22-8-3-2-7-21(22)19-11-12-19;2-1-3/h2-4,7-10,13-14,18-19H,5-6,11-12,15-17H2,1H3;/t18-;/m0./s1.